The van der Waals surface area contributed by atoms with Crippen LogP contribution < -0.4 is 15.8 Å². The molecule has 1 aliphatic rings. The number of rotatable bonds is 12. The summed E-state index contributed by atoms with van der Waals surface area (Å²) in [6.45, 7) is 3.74. The van der Waals surface area contributed by atoms with E-state index in [1.807, 2.05) is 38.1 Å². The number of primary sulfonamides is 1. The Bertz CT molecular complexity index is 1550. The van der Waals surface area contributed by atoms with E-state index in [9.17, 15) is 32.7 Å². The number of benzene rings is 3. The Morgan fingerprint density at radius 1 is 0.927 bits per heavy atom. The predicted octanol–water partition coefficient (Wildman–Crippen LogP) is 2.25. The molecule has 3 aromatic carbocycles. The number of aliphatic carboxylic acids is 1. The number of fused-ring (bicyclic) bond motifs is 2. The summed E-state index contributed by atoms with van der Waals surface area (Å²) in [5, 5.41) is 22.3. The number of nitrogens with one attached hydrogen (secondary N) is 2. The molecule has 41 heavy (non-hydrogen) atoms. The molecule has 1 unspecified atom stereocenters. The summed E-state index contributed by atoms with van der Waals surface area (Å²) in [4.78, 5) is 52.3. The van der Waals surface area contributed by atoms with Gasteiger partial charge < -0.3 is 10.4 Å². The van der Waals surface area contributed by atoms with E-state index in [2.05, 4.69) is 10.6 Å². The number of amides is 3. The highest BCUT2D eigenvalue weighted by molar-refractivity contribution is 7.89. The lowest BCUT2D eigenvalue weighted by Gasteiger charge is -2.25. The zero-order valence-corrected chi connectivity index (χ0v) is 23.5. The second-order valence-corrected chi connectivity index (χ2v) is 12.0. The van der Waals surface area contributed by atoms with E-state index in [0.717, 1.165) is 15.7 Å². The van der Waals surface area contributed by atoms with Crippen LogP contribution in [0.3, 0.4) is 0 Å². The van der Waals surface area contributed by atoms with Crippen molar-refractivity contribution in [3.05, 3.63) is 77.4 Å². The van der Waals surface area contributed by atoms with Gasteiger partial charge in [0, 0.05) is 13.1 Å². The molecule has 0 bridgehead atoms. The van der Waals surface area contributed by atoms with Gasteiger partial charge in [-0.05, 0) is 59.4 Å². The van der Waals surface area contributed by atoms with E-state index >= 15 is 0 Å². The largest absolute Gasteiger partial charge is 0.480 e. The molecule has 0 spiro atoms. The van der Waals surface area contributed by atoms with Gasteiger partial charge in [-0.1, -0.05) is 50.2 Å². The Balaban J connectivity index is 1.42. The smallest absolute Gasteiger partial charge is 0.320 e. The SMILES string of the molecule is CC(C)C[C@H](NC(CCN1C(=O)c2cc3ccccc3cc2C1=O)C(=O)O)C(=O)NCc1ccc(S(N)(=O)=O)cc1. The molecule has 0 fully saturated rings. The molecule has 0 saturated carbocycles. The van der Waals surface area contributed by atoms with Crippen molar-refractivity contribution in [1.29, 1.82) is 0 Å². The first-order chi connectivity index (χ1) is 19.3. The Morgan fingerprint density at radius 2 is 1.49 bits per heavy atom. The lowest BCUT2D eigenvalue weighted by atomic mass is 10.0. The Kier molecular flexibility index (Phi) is 8.86. The third-order valence-corrected chi connectivity index (χ3v) is 7.85. The Morgan fingerprint density at radius 3 is 1.98 bits per heavy atom. The van der Waals surface area contributed by atoms with E-state index < -0.39 is 45.8 Å². The molecule has 2 atom stereocenters. The number of carboxylic acid groups (broad SMARTS) is 1. The zero-order chi connectivity index (χ0) is 29.9. The molecular weight excluding hydrogens is 548 g/mol. The van der Waals surface area contributed by atoms with Crippen molar-refractivity contribution in [2.75, 3.05) is 6.54 Å². The highest BCUT2D eigenvalue weighted by Crippen LogP contribution is 2.28. The minimum Gasteiger partial charge on any atom is -0.480 e. The molecule has 0 radical (unpaired) electrons. The van der Waals surface area contributed by atoms with E-state index in [-0.39, 0.29) is 41.5 Å². The maximum Gasteiger partial charge on any atom is 0.320 e. The van der Waals surface area contributed by atoms with Gasteiger partial charge in [-0.25, -0.2) is 13.6 Å². The van der Waals surface area contributed by atoms with Crippen LogP contribution in [0.5, 0.6) is 0 Å². The van der Waals surface area contributed by atoms with Crippen molar-refractivity contribution >= 4 is 44.5 Å². The lowest BCUT2D eigenvalue weighted by molar-refractivity contribution is -0.140. The second-order valence-electron chi connectivity index (χ2n) is 10.4. The summed E-state index contributed by atoms with van der Waals surface area (Å²) in [6.07, 6.45) is 0.233. The van der Waals surface area contributed by atoms with Crippen molar-refractivity contribution in [3.8, 4) is 0 Å². The van der Waals surface area contributed by atoms with Crippen LogP contribution in [0.25, 0.3) is 10.8 Å². The number of nitrogens with two attached hydrogens (primary N) is 1. The van der Waals surface area contributed by atoms with E-state index in [4.69, 9.17) is 5.14 Å². The van der Waals surface area contributed by atoms with Gasteiger partial charge in [0.1, 0.15) is 6.04 Å². The van der Waals surface area contributed by atoms with Crippen LogP contribution in [0.4, 0.5) is 0 Å². The molecule has 0 saturated heterocycles. The maximum absolute atomic E-state index is 13.1. The van der Waals surface area contributed by atoms with Crippen molar-refractivity contribution in [2.45, 2.75) is 50.2 Å². The second kappa shape index (κ2) is 12.2. The zero-order valence-electron chi connectivity index (χ0n) is 22.7. The van der Waals surface area contributed by atoms with Crippen LogP contribution in [0.2, 0.25) is 0 Å². The van der Waals surface area contributed by atoms with E-state index in [1.165, 1.54) is 24.3 Å². The average molecular weight is 581 g/mol. The molecule has 3 amide bonds. The number of carbonyl (C=O) groups excluding carboxylic acids is 3. The number of imide groups is 1. The first kappa shape index (κ1) is 29.8. The number of sulfonamides is 1. The van der Waals surface area contributed by atoms with Gasteiger partial charge in [-0.3, -0.25) is 29.4 Å². The van der Waals surface area contributed by atoms with E-state index in [0.29, 0.717) is 12.0 Å². The summed E-state index contributed by atoms with van der Waals surface area (Å²) < 4.78 is 22.9. The molecule has 4 rings (SSSR count). The first-order valence-electron chi connectivity index (χ1n) is 13.1. The van der Waals surface area contributed by atoms with Crippen LogP contribution in [0.15, 0.2) is 65.6 Å². The summed E-state index contributed by atoms with van der Waals surface area (Å²) in [5.74, 6) is -2.57. The lowest BCUT2D eigenvalue weighted by Crippen LogP contribution is -2.52. The summed E-state index contributed by atoms with van der Waals surface area (Å²) in [7, 11) is -3.84. The van der Waals surface area contributed by atoms with Gasteiger partial charge in [0.05, 0.1) is 22.1 Å². The molecule has 1 heterocycles. The third-order valence-electron chi connectivity index (χ3n) is 6.92. The molecule has 1 aliphatic heterocycles. The van der Waals surface area contributed by atoms with Crippen molar-refractivity contribution in [3.63, 3.8) is 0 Å². The number of hydrogen-bond donors (Lipinski definition) is 4. The highest BCUT2D eigenvalue weighted by Gasteiger charge is 2.37. The average Bonchev–Trinajstić information content (AvgIpc) is 3.15. The topological polar surface area (TPSA) is 176 Å². The number of carbonyl (C=O) groups is 4. The van der Waals surface area contributed by atoms with Crippen molar-refractivity contribution in [2.24, 2.45) is 11.1 Å². The summed E-state index contributed by atoms with van der Waals surface area (Å²) in [6, 6.07) is 14.4. The van der Waals surface area contributed by atoms with Gasteiger partial charge in [-0.15, -0.1) is 0 Å². The quantitative estimate of drug-likeness (QED) is 0.236. The summed E-state index contributed by atoms with van der Waals surface area (Å²) >= 11 is 0. The molecule has 0 aromatic heterocycles. The summed E-state index contributed by atoms with van der Waals surface area (Å²) in [5.41, 5.74) is 1.19. The monoisotopic (exact) mass is 580 g/mol. The first-order valence-corrected chi connectivity index (χ1v) is 14.7. The fraction of sp³-hybridized carbons (Fsp3) is 0.310. The van der Waals surface area contributed by atoms with Gasteiger partial charge in [-0.2, -0.15) is 0 Å². The molecule has 216 valence electrons. The number of carboxylic acids is 1. The molecule has 0 aliphatic carbocycles. The Labute approximate surface area is 237 Å². The molecular formula is C29H32N4O7S. The van der Waals surface area contributed by atoms with Crippen LogP contribution >= 0.6 is 0 Å². The minimum absolute atomic E-state index is 0.0482. The maximum atomic E-state index is 13.1. The van der Waals surface area contributed by atoms with Gasteiger partial charge in [0.25, 0.3) is 11.8 Å². The third kappa shape index (κ3) is 6.96. The van der Waals surface area contributed by atoms with Crippen molar-refractivity contribution in [1.82, 2.24) is 15.5 Å². The standard InChI is InChI=1S/C29H32N4O7S/c1-17(2)13-25(26(34)31-16-18-7-9-21(10-8-18)41(30,39)40)32-24(29(37)38)11-12-33-27(35)22-14-19-5-3-4-6-20(19)15-23(22)28(33)36/h3-10,14-15,17,24-25,32H,11-13,16H2,1-2H3,(H,31,34)(H,37,38)(H2,30,39,40)/t24?,25-/m0/s1. The van der Waals surface area contributed by atoms with Crippen LogP contribution in [0.1, 0.15) is 53.0 Å². The van der Waals surface area contributed by atoms with Crippen LogP contribution in [-0.2, 0) is 26.2 Å². The fourth-order valence-corrected chi connectivity index (χ4v) is 5.31. The minimum atomic E-state index is -3.84. The molecule has 5 N–H and O–H groups in total. The Hall–Kier alpha value is -4.13. The van der Waals surface area contributed by atoms with Gasteiger partial charge in [0.2, 0.25) is 15.9 Å². The fourth-order valence-electron chi connectivity index (χ4n) is 4.79. The van der Waals surface area contributed by atoms with Crippen molar-refractivity contribution < 1.29 is 32.7 Å². The predicted molar refractivity (Wildman–Crippen MR) is 151 cm³/mol. The van der Waals surface area contributed by atoms with Crippen LogP contribution in [-0.4, -0.2) is 60.7 Å². The number of hydrogen-bond acceptors (Lipinski definition) is 7. The molecule has 12 heteroatoms. The molecule has 3 aromatic rings. The molecule has 11 nitrogen and oxygen atoms in total. The van der Waals surface area contributed by atoms with Crippen LogP contribution in [0, 0.1) is 5.92 Å². The van der Waals surface area contributed by atoms with Gasteiger partial charge >= 0.3 is 5.97 Å². The number of nitrogens with zero attached hydrogens (tertiary/aromatic N) is 1. The van der Waals surface area contributed by atoms with Gasteiger partial charge in [0.15, 0.2) is 0 Å². The van der Waals surface area contributed by atoms with E-state index in [1.54, 1.807) is 12.1 Å². The highest BCUT2D eigenvalue weighted by atomic mass is 32.2. The normalized spacial score (nSPS) is 14.8.